The quantitative estimate of drug-likeness (QED) is 0.205. The number of fused-ring (bicyclic) bond motifs is 5. The van der Waals surface area contributed by atoms with Crippen molar-refractivity contribution in [2.45, 2.75) is 6.92 Å². The summed E-state index contributed by atoms with van der Waals surface area (Å²) in [7, 11) is 0. The fraction of sp³-hybridized carbons (Fsp3) is 0.0238. The van der Waals surface area contributed by atoms with Gasteiger partial charge in [0.2, 0.25) is 0 Å². The summed E-state index contributed by atoms with van der Waals surface area (Å²) in [5, 5.41) is 6.96. The Balaban J connectivity index is 1.18. The van der Waals surface area contributed by atoms with E-state index in [0.29, 0.717) is 17.5 Å². The Morgan fingerprint density at radius 3 is 1.57 bits per heavy atom. The number of nitrogens with zero attached hydrogens (tertiary/aromatic N) is 3. The molecule has 0 aliphatic carbocycles. The first-order chi connectivity index (χ1) is 22.7. The summed E-state index contributed by atoms with van der Waals surface area (Å²) in [4.78, 5) is 15.0. The van der Waals surface area contributed by atoms with E-state index < -0.39 is 0 Å². The highest BCUT2D eigenvalue weighted by Crippen LogP contribution is 2.38. The Kier molecular flexibility index (Phi) is 6.00. The van der Waals surface area contributed by atoms with Crippen LogP contribution in [0.15, 0.2) is 150 Å². The zero-order chi connectivity index (χ0) is 30.6. The van der Waals surface area contributed by atoms with Crippen molar-refractivity contribution in [3.63, 3.8) is 0 Å². The Bertz CT molecular complexity index is 2500. The lowest BCUT2D eigenvalue weighted by atomic mass is 9.98. The highest BCUT2D eigenvalue weighted by Gasteiger charge is 2.16. The molecule has 0 atom stereocenters. The Morgan fingerprint density at radius 2 is 0.935 bits per heavy atom. The number of furan rings is 1. The maximum atomic E-state index is 6.39. The first kappa shape index (κ1) is 26.3. The van der Waals surface area contributed by atoms with Crippen molar-refractivity contribution in [3.8, 4) is 45.3 Å². The molecular weight excluding hydrogens is 562 g/mol. The third-order valence-corrected chi connectivity index (χ3v) is 8.84. The lowest BCUT2D eigenvalue weighted by Crippen LogP contribution is -2.00. The third-order valence-electron chi connectivity index (χ3n) is 8.84. The van der Waals surface area contributed by atoms with Crippen LogP contribution in [0.4, 0.5) is 0 Å². The lowest BCUT2D eigenvalue weighted by Gasteiger charge is -2.10. The van der Waals surface area contributed by atoms with Crippen LogP contribution in [0.2, 0.25) is 0 Å². The van der Waals surface area contributed by atoms with Crippen LogP contribution in [0, 0.1) is 6.92 Å². The van der Waals surface area contributed by atoms with Gasteiger partial charge >= 0.3 is 0 Å². The van der Waals surface area contributed by atoms with Gasteiger partial charge in [-0.05, 0) is 57.8 Å². The Labute approximate surface area is 265 Å². The second-order valence-corrected chi connectivity index (χ2v) is 11.7. The van der Waals surface area contributed by atoms with Gasteiger partial charge in [0.05, 0.1) is 0 Å². The van der Waals surface area contributed by atoms with Gasteiger partial charge in [-0.15, -0.1) is 0 Å². The van der Waals surface area contributed by atoms with Crippen LogP contribution in [0.3, 0.4) is 0 Å². The number of aromatic nitrogens is 3. The Morgan fingerprint density at radius 1 is 0.435 bits per heavy atom. The summed E-state index contributed by atoms with van der Waals surface area (Å²) in [6.07, 6.45) is 0. The average Bonchev–Trinajstić information content (AvgIpc) is 3.52. The summed E-state index contributed by atoms with van der Waals surface area (Å²) in [5.74, 6) is 1.92. The summed E-state index contributed by atoms with van der Waals surface area (Å²) in [6.45, 7) is 2.14. The van der Waals surface area contributed by atoms with E-state index >= 15 is 0 Å². The minimum absolute atomic E-state index is 0.630. The van der Waals surface area contributed by atoms with Gasteiger partial charge in [0, 0.05) is 33.0 Å². The van der Waals surface area contributed by atoms with Gasteiger partial charge in [-0.25, -0.2) is 15.0 Å². The Hall–Kier alpha value is -6.13. The highest BCUT2D eigenvalue weighted by atomic mass is 16.3. The molecule has 46 heavy (non-hydrogen) atoms. The van der Waals surface area contributed by atoms with E-state index in [1.807, 2.05) is 12.1 Å². The second kappa shape index (κ2) is 10.5. The van der Waals surface area contributed by atoms with Gasteiger partial charge in [0.15, 0.2) is 17.5 Å². The maximum Gasteiger partial charge on any atom is 0.164 e. The number of aryl methyl sites for hydroxylation is 1. The van der Waals surface area contributed by atoms with Crippen molar-refractivity contribution >= 4 is 43.5 Å². The van der Waals surface area contributed by atoms with Crippen molar-refractivity contribution < 1.29 is 4.42 Å². The molecule has 0 amide bonds. The summed E-state index contributed by atoms with van der Waals surface area (Å²) in [6, 6.07) is 50.4. The van der Waals surface area contributed by atoms with Crippen LogP contribution >= 0.6 is 0 Å². The molecule has 4 nitrogen and oxygen atoms in total. The molecule has 9 rings (SSSR count). The fourth-order valence-electron chi connectivity index (χ4n) is 6.44. The number of rotatable bonds is 4. The van der Waals surface area contributed by atoms with E-state index in [1.54, 1.807) is 0 Å². The maximum absolute atomic E-state index is 6.39. The zero-order valence-electron chi connectivity index (χ0n) is 25.1. The third kappa shape index (κ3) is 4.42. The molecule has 7 aromatic carbocycles. The van der Waals surface area contributed by atoms with Crippen molar-refractivity contribution in [1.82, 2.24) is 15.0 Å². The van der Waals surface area contributed by atoms with Gasteiger partial charge in [-0.3, -0.25) is 0 Å². The average molecular weight is 590 g/mol. The predicted octanol–water partition coefficient (Wildman–Crippen LogP) is 11.1. The molecule has 0 N–H and O–H groups in total. The topological polar surface area (TPSA) is 51.8 Å². The smallest absolute Gasteiger partial charge is 0.164 e. The molecule has 0 saturated carbocycles. The number of para-hydroxylation sites is 1. The van der Waals surface area contributed by atoms with Crippen molar-refractivity contribution in [3.05, 3.63) is 151 Å². The summed E-state index contributed by atoms with van der Waals surface area (Å²) >= 11 is 0. The van der Waals surface area contributed by atoms with Crippen molar-refractivity contribution in [1.29, 1.82) is 0 Å². The normalized spacial score (nSPS) is 11.6. The molecule has 0 spiro atoms. The van der Waals surface area contributed by atoms with Gasteiger partial charge < -0.3 is 4.42 Å². The molecule has 216 valence electrons. The largest absolute Gasteiger partial charge is 0.455 e. The monoisotopic (exact) mass is 589 g/mol. The van der Waals surface area contributed by atoms with E-state index in [1.165, 1.54) is 16.3 Å². The number of benzene rings is 7. The van der Waals surface area contributed by atoms with E-state index in [4.69, 9.17) is 19.4 Å². The molecule has 2 aromatic heterocycles. The molecule has 0 aliphatic heterocycles. The molecule has 0 radical (unpaired) electrons. The predicted molar refractivity (Wildman–Crippen MR) is 189 cm³/mol. The summed E-state index contributed by atoms with van der Waals surface area (Å²) in [5.41, 5.74) is 7.97. The molecule has 0 fully saturated rings. The zero-order valence-corrected chi connectivity index (χ0v) is 25.1. The second-order valence-electron chi connectivity index (χ2n) is 11.7. The molecular formula is C42H27N3O. The van der Waals surface area contributed by atoms with Gasteiger partial charge in [-0.1, -0.05) is 127 Å². The lowest BCUT2D eigenvalue weighted by molar-refractivity contribution is 0.670. The first-order valence-electron chi connectivity index (χ1n) is 15.4. The number of hydrogen-bond acceptors (Lipinski definition) is 4. The molecule has 0 bridgehead atoms. The van der Waals surface area contributed by atoms with E-state index in [-0.39, 0.29) is 0 Å². The first-order valence-corrected chi connectivity index (χ1v) is 15.4. The molecule has 0 aliphatic rings. The van der Waals surface area contributed by atoms with Crippen molar-refractivity contribution in [2.24, 2.45) is 0 Å². The minimum atomic E-state index is 0.630. The van der Waals surface area contributed by atoms with Crippen LogP contribution in [-0.2, 0) is 0 Å². The van der Waals surface area contributed by atoms with Gasteiger partial charge in [0.25, 0.3) is 0 Å². The molecule has 0 saturated heterocycles. The van der Waals surface area contributed by atoms with Crippen LogP contribution < -0.4 is 0 Å². The molecule has 9 aromatic rings. The molecule has 4 heteroatoms. The van der Waals surface area contributed by atoms with Gasteiger partial charge in [-0.2, -0.15) is 0 Å². The van der Waals surface area contributed by atoms with E-state index in [0.717, 1.165) is 60.5 Å². The summed E-state index contributed by atoms with van der Waals surface area (Å²) < 4.78 is 6.39. The van der Waals surface area contributed by atoms with Gasteiger partial charge in [0.1, 0.15) is 11.2 Å². The van der Waals surface area contributed by atoms with E-state index in [2.05, 4.69) is 140 Å². The van der Waals surface area contributed by atoms with E-state index in [9.17, 15) is 0 Å². The van der Waals surface area contributed by atoms with Crippen LogP contribution in [0.1, 0.15) is 5.56 Å². The van der Waals surface area contributed by atoms with Crippen LogP contribution in [-0.4, -0.2) is 15.0 Å². The molecule has 0 unspecified atom stereocenters. The standard InChI is InChI=1S/C42H27N3O/c1-26-14-23-35(39-38(26)36-12-6-7-13-37(36)46-39)29-17-19-30(20-18-29)40-43-41(33-21-15-27-8-2-4-10-31(27)24-33)45-42(44-40)34-22-16-28-9-3-5-11-32(28)25-34/h2-25H,1H3. The SMILES string of the molecule is Cc1ccc(-c2ccc(-c3nc(-c4ccc5ccccc5c4)nc(-c4ccc5ccccc5c4)n3)cc2)c2oc3ccccc3c12. The van der Waals surface area contributed by atoms with Crippen LogP contribution in [0.5, 0.6) is 0 Å². The fourth-order valence-corrected chi connectivity index (χ4v) is 6.44. The van der Waals surface area contributed by atoms with Crippen LogP contribution in [0.25, 0.3) is 88.8 Å². The van der Waals surface area contributed by atoms with Crippen molar-refractivity contribution in [2.75, 3.05) is 0 Å². The molecule has 2 heterocycles. The highest BCUT2D eigenvalue weighted by molar-refractivity contribution is 6.11. The number of hydrogen-bond donors (Lipinski definition) is 0. The minimum Gasteiger partial charge on any atom is -0.455 e.